The minimum atomic E-state index is 0.134. The van der Waals surface area contributed by atoms with Gasteiger partial charge >= 0.3 is 0 Å². The van der Waals surface area contributed by atoms with Crippen molar-refractivity contribution in [2.75, 3.05) is 0 Å². The quantitative estimate of drug-likeness (QED) is 0.898. The molecule has 0 spiro atoms. The van der Waals surface area contributed by atoms with E-state index in [1.807, 2.05) is 6.20 Å². The molecule has 0 aliphatic heterocycles. The summed E-state index contributed by atoms with van der Waals surface area (Å²) in [7, 11) is 0. The summed E-state index contributed by atoms with van der Waals surface area (Å²) >= 11 is 0. The molecule has 2 N–H and O–H groups in total. The van der Waals surface area contributed by atoms with Gasteiger partial charge in [-0.3, -0.25) is 0 Å². The summed E-state index contributed by atoms with van der Waals surface area (Å²) in [6, 6.07) is 8.73. The molecule has 1 aromatic carbocycles. The number of benzene rings is 1. The second-order valence-electron chi connectivity index (χ2n) is 6.77. The van der Waals surface area contributed by atoms with Crippen LogP contribution in [0, 0.1) is 0 Å². The number of nitrogens with one attached hydrogen (secondary N) is 2. The normalized spacial score (nSPS) is 15.6. The van der Waals surface area contributed by atoms with Crippen LogP contribution in [-0.2, 0) is 19.4 Å². The van der Waals surface area contributed by atoms with Crippen molar-refractivity contribution in [1.29, 1.82) is 0 Å². The van der Waals surface area contributed by atoms with Gasteiger partial charge in [0.15, 0.2) is 0 Å². The van der Waals surface area contributed by atoms with E-state index in [0.29, 0.717) is 5.92 Å². The van der Waals surface area contributed by atoms with E-state index in [0.717, 1.165) is 25.2 Å². The van der Waals surface area contributed by atoms with Crippen LogP contribution >= 0.6 is 0 Å². The Hall–Kier alpha value is -1.61. The lowest BCUT2D eigenvalue weighted by molar-refractivity contribution is 0.421. The molecule has 3 nitrogen and oxygen atoms in total. The smallest absolute Gasteiger partial charge is 0.110 e. The van der Waals surface area contributed by atoms with Crippen molar-refractivity contribution in [3.8, 4) is 0 Å². The van der Waals surface area contributed by atoms with Crippen LogP contribution in [0.5, 0.6) is 0 Å². The molecule has 20 heavy (non-hydrogen) atoms. The number of hydrogen-bond donors (Lipinski definition) is 2. The second kappa shape index (κ2) is 5.06. The van der Waals surface area contributed by atoms with Gasteiger partial charge in [0.25, 0.3) is 0 Å². The fraction of sp³-hybridized carbons (Fsp3) is 0.471. The predicted octanol–water partition coefficient (Wildman–Crippen LogP) is 3.18. The molecule has 0 unspecified atom stereocenters. The number of aromatic amines is 1. The Morgan fingerprint density at radius 3 is 2.45 bits per heavy atom. The highest BCUT2D eigenvalue weighted by Gasteiger charge is 2.24. The summed E-state index contributed by atoms with van der Waals surface area (Å²) in [5.74, 6) is 1.64. The number of nitrogens with zero attached hydrogens (tertiary/aromatic N) is 1. The molecule has 3 heteroatoms. The molecule has 0 radical (unpaired) electrons. The van der Waals surface area contributed by atoms with E-state index in [9.17, 15) is 0 Å². The summed E-state index contributed by atoms with van der Waals surface area (Å²) < 4.78 is 0. The molecular weight excluding hydrogens is 246 g/mol. The van der Waals surface area contributed by atoms with E-state index < -0.39 is 0 Å². The van der Waals surface area contributed by atoms with E-state index in [2.05, 4.69) is 60.3 Å². The van der Waals surface area contributed by atoms with Crippen molar-refractivity contribution in [3.63, 3.8) is 0 Å². The molecule has 1 heterocycles. The van der Waals surface area contributed by atoms with Gasteiger partial charge in [0.05, 0.1) is 0 Å². The van der Waals surface area contributed by atoms with Crippen LogP contribution in [0.25, 0.3) is 0 Å². The summed E-state index contributed by atoms with van der Waals surface area (Å²) in [6.07, 6.45) is 4.18. The highest BCUT2D eigenvalue weighted by Crippen LogP contribution is 2.32. The monoisotopic (exact) mass is 269 g/mol. The number of hydrogen-bond acceptors (Lipinski definition) is 2. The van der Waals surface area contributed by atoms with Crippen LogP contribution in [0.4, 0.5) is 0 Å². The number of imidazole rings is 1. The van der Waals surface area contributed by atoms with Gasteiger partial charge < -0.3 is 10.3 Å². The first-order chi connectivity index (χ1) is 9.51. The fourth-order valence-electron chi connectivity index (χ4n) is 2.79. The zero-order valence-corrected chi connectivity index (χ0v) is 12.5. The van der Waals surface area contributed by atoms with Gasteiger partial charge in [0, 0.05) is 29.9 Å². The minimum Gasteiger partial charge on any atom is -0.345 e. The zero-order chi connectivity index (χ0) is 14.2. The third-order valence-electron chi connectivity index (χ3n) is 3.89. The molecule has 3 rings (SSSR count). The molecule has 0 bridgehead atoms. The average Bonchev–Trinajstić information content (AvgIpc) is 3.01. The van der Waals surface area contributed by atoms with Crippen LogP contribution < -0.4 is 5.32 Å². The zero-order valence-electron chi connectivity index (χ0n) is 12.5. The van der Waals surface area contributed by atoms with Crippen LogP contribution in [0.3, 0.4) is 0 Å². The van der Waals surface area contributed by atoms with Crippen molar-refractivity contribution < 1.29 is 0 Å². The van der Waals surface area contributed by atoms with E-state index in [4.69, 9.17) is 0 Å². The number of rotatable bonds is 3. The fourth-order valence-corrected chi connectivity index (χ4v) is 2.79. The maximum absolute atomic E-state index is 4.59. The summed E-state index contributed by atoms with van der Waals surface area (Å²) in [6.45, 7) is 7.38. The summed E-state index contributed by atoms with van der Waals surface area (Å²) in [5, 5.41) is 3.49. The van der Waals surface area contributed by atoms with Gasteiger partial charge in [-0.05, 0) is 44.7 Å². The third-order valence-corrected chi connectivity index (χ3v) is 3.89. The lowest BCUT2D eigenvalue weighted by atomic mass is 10.1. The molecule has 1 aliphatic rings. The number of H-pyrrole nitrogens is 1. The van der Waals surface area contributed by atoms with Gasteiger partial charge in [-0.1, -0.05) is 24.3 Å². The minimum absolute atomic E-state index is 0.134. The SMILES string of the molecule is CC(C)(C)NCc1cnc(C2Cc3ccccc3C2)[nH]1. The molecule has 0 atom stereocenters. The lowest BCUT2D eigenvalue weighted by Gasteiger charge is -2.19. The highest BCUT2D eigenvalue weighted by molar-refractivity contribution is 5.35. The first kappa shape index (κ1) is 13.4. The van der Waals surface area contributed by atoms with Gasteiger partial charge in [-0.2, -0.15) is 0 Å². The molecule has 0 saturated carbocycles. The molecule has 0 amide bonds. The summed E-state index contributed by atoms with van der Waals surface area (Å²) in [5.41, 5.74) is 4.26. The van der Waals surface area contributed by atoms with Crippen LogP contribution in [0.2, 0.25) is 0 Å². The first-order valence-electron chi connectivity index (χ1n) is 7.37. The Kier molecular flexibility index (Phi) is 3.38. The number of aromatic nitrogens is 2. The topological polar surface area (TPSA) is 40.7 Å². The highest BCUT2D eigenvalue weighted by atomic mass is 15.0. The molecule has 0 saturated heterocycles. The van der Waals surface area contributed by atoms with Crippen molar-refractivity contribution in [2.45, 2.75) is 51.6 Å². The largest absolute Gasteiger partial charge is 0.345 e. The van der Waals surface area contributed by atoms with Gasteiger partial charge in [0.2, 0.25) is 0 Å². The summed E-state index contributed by atoms with van der Waals surface area (Å²) in [4.78, 5) is 8.08. The molecule has 0 fully saturated rings. The average molecular weight is 269 g/mol. The maximum atomic E-state index is 4.59. The molecular formula is C17H23N3. The van der Waals surface area contributed by atoms with E-state index in [1.165, 1.54) is 16.8 Å². The number of fused-ring (bicyclic) bond motifs is 1. The van der Waals surface area contributed by atoms with Crippen LogP contribution in [0.1, 0.15) is 49.3 Å². The van der Waals surface area contributed by atoms with Gasteiger partial charge in [-0.25, -0.2) is 4.98 Å². The van der Waals surface area contributed by atoms with Crippen molar-refractivity contribution in [3.05, 3.63) is 53.1 Å². The van der Waals surface area contributed by atoms with Crippen molar-refractivity contribution in [1.82, 2.24) is 15.3 Å². The third kappa shape index (κ3) is 2.93. The molecule has 1 aromatic heterocycles. The molecule has 1 aliphatic carbocycles. The Morgan fingerprint density at radius 1 is 1.20 bits per heavy atom. The predicted molar refractivity (Wildman–Crippen MR) is 81.8 cm³/mol. The Labute approximate surface area is 120 Å². The van der Waals surface area contributed by atoms with E-state index in [-0.39, 0.29) is 5.54 Å². The standard InChI is InChI=1S/C17H23N3/c1-17(2,3)19-11-15-10-18-16(20-15)14-8-12-6-4-5-7-13(12)9-14/h4-7,10,14,19H,8-9,11H2,1-3H3,(H,18,20). The maximum Gasteiger partial charge on any atom is 0.110 e. The Morgan fingerprint density at radius 2 is 1.85 bits per heavy atom. The van der Waals surface area contributed by atoms with Gasteiger partial charge in [-0.15, -0.1) is 0 Å². The van der Waals surface area contributed by atoms with Crippen molar-refractivity contribution >= 4 is 0 Å². The Bertz CT molecular complexity index is 567. The second-order valence-corrected chi connectivity index (χ2v) is 6.77. The Balaban J connectivity index is 1.67. The van der Waals surface area contributed by atoms with Crippen LogP contribution in [-0.4, -0.2) is 15.5 Å². The van der Waals surface area contributed by atoms with E-state index in [1.54, 1.807) is 0 Å². The lowest BCUT2D eigenvalue weighted by Crippen LogP contribution is -2.35. The van der Waals surface area contributed by atoms with Crippen molar-refractivity contribution in [2.24, 2.45) is 0 Å². The first-order valence-corrected chi connectivity index (χ1v) is 7.37. The van der Waals surface area contributed by atoms with Crippen LogP contribution in [0.15, 0.2) is 30.5 Å². The molecule has 106 valence electrons. The van der Waals surface area contributed by atoms with Gasteiger partial charge in [0.1, 0.15) is 5.82 Å². The molecule has 2 aromatic rings. The van der Waals surface area contributed by atoms with E-state index >= 15 is 0 Å².